The van der Waals surface area contributed by atoms with Crippen LogP contribution in [0, 0.1) is 34.5 Å². The zero-order chi connectivity index (χ0) is 18.5. The van der Waals surface area contributed by atoms with E-state index in [1.54, 1.807) is 12.4 Å². The Kier molecular flexibility index (Phi) is 4.13. The second kappa shape index (κ2) is 6.11. The van der Waals surface area contributed by atoms with Crippen LogP contribution in [0.1, 0.15) is 50.9 Å². The normalized spacial score (nSPS) is 42.0. The molecule has 0 saturated heterocycles. The Morgan fingerprint density at radius 1 is 1.08 bits per heavy atom. The van der Waals surface area contributed by atoms with Crippen molar-refractivity contribution in [3.8, 4) is 0 Å². The monoisotopic (exact) mass is 352 g/mol. The first-order valence-corrected chi connectivity index (χ1v) is 9.81. The minimum absolute atomic E-state index is 0.00123. The van der Waals surface area contributed by atoms with Crippen LogP contribution in [0.25, 0.3) is 0 Å². The summed E-state index contributed by atoms with van der Waals surface area (Å²) in [5.41, 5.74) is 3.11. The lowest BCUT2D eigenvalue weighted by Crippen LogP contribution is -2.51. The van der Waals surface area contributed by atoms with Crippen LogP contribution < -0.4 is 0 Å². The van der Waals surface area contributed by atoms with Gasteiger partial charge in [0.2, 0.25) is 0 Å². The van der Waals surface area contributed by atoms with Crippen molar-refractivity contribution in [2.24, 2.45) is 34.5 Å². The molecule has 1 aromatic heterocycles. The number of hydrogen-bond acceptors (Lipinski definition) is 4. The summed E-state index contributed by atoms with van der Waals surface area (Å²) in [5, 5.41) is 0. The van der Waals surface area contributed by atoms with Crippen molar-refractivity contribution in [2.45, 2.75) is 52.4 Å². The third-order valence-corrected chi connectivity index (χ3v) is 8.12. The van der Waals surface area contributed by atoms with Crippen molar-refractivity contribution < 1.29 is 9.59 Å². The molecule has 0 radical (unpaired) electrons. The van der Waals surface area contributed by atoms with Crippen LogP contribution in [0.15, 0.2) is 24.5 Å². The molecule has 4 heteroatoms. The van der Waals surface area contributed by atoms with Crippen molar-refractivity contribution in [3.63, 3.8) is 0 Å². The molecule has 1 heterocycles. The molecule has 3 aliphatic carbocycles. The van der Waals surface area contributed by atoms with Crippen LogP contribution in [-0.2, 0) is 22.4 Å². The average molecular weight is 352 g/mol. The van der Waals surface area contributed by atoms with E-state index in [0.29, 0.717) is 12.3 Å². The second-order valence-electron chi connectivity index (χ2n) is 9.10. The molecule has 0 N–H and O–H groups in total. The number of fused-ring (bicyclic) bond motifs is 2. The summed E-state index contributed by atoms with van der Waals surface area (Å²) < 4.78 is 0. The lowest BCUT2D eigenvalue weighted by molar-refractivity contribution is -0.129. The number of nitrogens with zero attached hydrogens (tertiary/aromatic N) is 2. The van der Waals surface area contributed by atoms with E-state index >= 15 is 0 Å². The molecule has 0 spiro atoms. The molecule has 26 heavy (non-hydrogen) atoms. The van der Waals surface area contributed by atoms with Crippen LogP contribution in [0.2, 0.25) is 0 Å². The van der Waals surface area contributed by atoms with Gasteiger partial charge in [-0.05, 0) is 54.8 Å². The first-order valence-electron chi connectivity index (χ1n) is 9.81. The first-order chi connectivity index (χ1) is 12.4. The van der Waals surface area contributed by atoms with E-state index in [2.05, 4.69) is 30.4 Å². The highest BCUT2D eigenvalue weighted by atomic mass is 16.1. The largest absolute Gasteiger partial charge is 0.303 e. The quantitative estimate of drug-likeness (QED) is 0.616. The van der Waals surface area contributed by atoms with Crippen LogP contribution in [0.3, 0.4) is 0 Å². The average Bonchev–Trinajstić information content (AvgIpc) is 2.95. The third-order valence-electron chi connectivity index (χ3n) is 8.12. The summed E-state index contributed by atoms with van der Waals surface area (Å²) >= 11 is 0. The van der Waals surface area contributed by atoms with Crippen molar-refractivity contribution >= 4 is 12.6 Å². The Balaban J connectivity index is 1.72. The van der Waals surface area contributed by atoms with Gasteiger partial charge in [0.05, 0.1) is 11.4 Å². The molecule has 1 aromatic rings. The van der Waals surface area contributed by atoms with Gasteiger partial charge in [0.15, 0.2) is 0 Å². The fourth-order valence-electron chi connectivity index (χ4n) is 6.32. The molecular formula is C22H28N2O2. The number of carbonyl (C=O) groups is 2. The fourth-order valence-corrected chi connectivity index (χ4v) is 6.32. The summed E-state index contributed by atoms with van der Waals surface area (Å²) in [4.78, 5) is 33.2. The summed E-state index contributed by atoms with van der Waals surface area (Å²) in [6.45, 7) is 8.80. The topological polar surface area (TPSA) is 59.9 Å². The van der Waals surface area contributed by atoms with E-state index in [-0.39, 0.29) is 28.6 Å². The molecule has 0 bridgehead atoms. The number of rotatable bonds is 3. The summed E-state index contributed by atoms with van der Waals surface area (Å²) in [6.07, 6.45) is 11.2. The van der Waals surface area contributed by atoms with Crippen molar-refractivity contribution in [1.82, 2.24) is 9.97 Å². The van der Waals surface area contributed by atoms with Gasteiger partial charge in [-0.2, -0.15) is 0 Å². The van der Waals surface area contributed by atoms with Gasteiger partial charge in [-0.3, -0.25) is 9.97 Å². The summed E-state index contributed by atoms with van der Waals surface area (Å²) in [5.74, 6) is 0.472. The number of aromatic nitrogens is 2. The molecule has 4 rings (SSSR count). The van der Waals surface area contributed by atoms with E-state index in [1.807, 2.05) is 0 Å². The highest BCUT2D eigenvalue weighted by molar-refractivity contribution is 5.60. The number of aldehydes is 2. The van der Waals surface area contributed by atoms with Crippen LogP contribution in [-0.4, -0.2) is 22.5 Å². The Labute approximate surface area is 155 Å². The van der Waals surface area contributed by atoms with E-state index in [4.69, 9.17) is 0 Å². The van der Waals surface area contributed by atoms with E-state index in [0.717, 1.165) is 49.8 Å². The standard InChI is InChI=1S/C22H28N2O2/c1-14-4-5-17-16(13-26)18(6-7-21(14,17)2)22(3)11-20-19(10-15(22)12-25)23-8-9-24-20/h8-9,12-13,15-18H,1,4-7,10-11H2,2-3H3/t15-,16+,17+,18+,21-,22+/m1/s1. The highest BCUT2D eigenvalue weighted by Gasteiger charge is 2.57. The highest BCUT2D eigenvalue weighted by Crippen LogP contribution is 2.62. The molecule has 0 aromatic carbocycles. The maximum absolute atomic E-state index is 12.2. The van der Waals surface area contributed by atoms with Gasteiger partial charge in [-0.25, -0.2) is 0 Å². The van der Waals surface area contributed by atoms with Crippen molar-refractivity contribution in [2.75, 3.05) is 0 Å². The molecular weight excluding hydrogens is 324 g/mol. The van der Waals surface area contributed by atoms with E-state index < -0.39 is 0 Å². The zero-order valence-electron chi connectivity index (χ0n) is 15.8. The minimum atomic E-state index is -0.235. The smallest absolute Gasteiger partial charge is 0.124 e. The molecule has 0 amide bonds. The van der Waals surface area contributed by atoms with Crippen LogP contribution in [0.4, 0.5) is 0 Å². The first kappa shape index (κ1) is 17.6. The molecule has 6 atom stereocenters. The van der Waals surface area contributed by atoms with Gasteiger partial charge in [-0.1, -0.05) is 26.0 Å². The number of carbonyl (C=O) groups excluding carboxylic acids is 2. The maximum atomic E-state index is 12.2. The Morgan fingerprint density at radius 3 is 2.50 bits per heavy atom. The zero-order valence-corrected chi connectivity index (χ0v) is 15.8. The predicted molar refractivity (Wildman–Crippen MR) is 99.4 cm³/mol. The van der Waals surface area contributed by atoms with E-state index in [1.165, 1.54) is 11.9 Å². The number of hydrogen-bond donors (Lipinski definition) is 0. The molecule has 2 fully saturated rings. The van der Waals surface area contributed by atoms with Gasteiger partial charge in [0, 0.05) is 30.7 Å². The lowest BCUT2D eigenvalue weighted by atomic mass is 9.50. The van der Waals surface area contributed by atoms with Crippen LogP contribution in [0.5, 0.6) is 0 Å². The summed E-state index contributed by atoms with van der Waals surface area (Å²) in [6, 6.07) is 0. The van der Waals surface area contributed by atoms with Crippen molar-refractivity contribution in [1.29, 1.82) is 0 Å². The molecule has 0 aliphatic heterocycles. The predicted octanol–water partition coefficient (Wildman–Crippen LogP) is 3.59. The Bertz CT molecular complexity index is 760. The van der Waals surface area contributed by atoms with Gasteiger partial charge >= 0.3 is 0 Å². The second-order valence-corrected chi connectivity index (χ2v) is 9.10. The maximum Gasteiger partial charge on any atom is 0.124 e. The minimum Gasteiger partial charge on any atom is -0.303 e. The van der Waals surface area contributed by atoms with Gasteiger partial charge in [-0.15, -0.1) is 0 Å². The third kappa shape index (κ3) is 2.34. The SMILES string of the molecule is C=C1CC[C@H]2[C@H](C=O)[C@@H]([C@@]3(C)Cc4nccnc4C[C@@H]3C=O)CC[C@]12C. The summed E-state index contributed by atoms with van der Waals surface area (Å²) in [7, 11) is 0. The molecule has 4 nitrogen and oxygen atoms in total. The van der Waals surface area contributed by atoms with E-state index in [9.17, 15) is 9.59 Å². The molecule has 138 valence electrons. The number of allylic oxidation sites excluding steroid dienone is 1. The Hall–Kier alpha value is -1.84. The van der Waals surface area contributed by atoms with Crippen LogP contribution >= 0.6 is 0 Å². The Morgan fingerprint density at radius 2 is 1.81 bits per heavy atom. The van der Waals surface area contributed by atoms with Crippen molar-refractivity contribution in [3.05, 3.63) is 35.9 Å². The molecule has 2 saturated carbocycles. The molecule has 3 aliphatic rings. The molecule has 0 unspecified atom stereocenters. The lowest BCUT2D eigenvalue weighted by Gasteiger charge is -2.53. The fraction of sp³-hybridized carbons (Fsp3) is 0.636. The van der Waals surface area contributed by atoms with Gasteiger partial charge in [0.1, 0.15) is 12.6 Å². The van der Waals surface area contributed by atoms with Gasteiger partial charge in [0.25, 0.3) is 0 Å². The van der Waals surface area contributed by atoms with Gasteiger partial charge < -0.3 is 9.59 Å².